The third-order valence-electron chi connectivity index (χ3n) is 3.58. The lowest BCUT2D eigenvalue weighted by molar-refractivity contribution is -0.154. The summed E-state index contributed by atoms with van der Waals surface area (Å²) < 4.78 is 43.7. The van der Waals surface area contributed by atoms with Crippen molar-refractivity contribution in [3.8, 4) is 0 Å². The molecular formula is C15H16ClF3N2O3. The van der Waals surface area contributed by atoms with Crippen molar-refractivity contribution in [3.05, 3.63) is 28.8 Å². The van der Waals surface area contributed by atoms with Crippen molar-refractivity contribution in [1.82, 2.24) is 4.90 Å². The molecule has 1 aromatic rings. The highest BCUT2D eigenvalue weighted by Gasteiger charge is 2.34. The number of anilines is 1. The normalized spacial score (nSPS) is 18.6. The molecule has 1 aliphatic rings. The molecular weight excluding hydrogens is 349 g/mol. The van der Waals surface area contributed by atoms with Crippen molar-refractivity contribution in [2.24, 2.45) is 0 Å². The first-order valence-corrected chi connectivity index (χ1v) is 7.67. The van der Waals surface area contributed by atoms with E-state index in [0.717, 1.165) is 12.1 Å². The molecule has 0 saturated carbocycles. The SMILES string of the molecule is CCN1CCOC(CC(=O)Nc2ccc(Cl)c(C(F)(F)F)c2)C1=O. The summed E-state index contributed by atoms with van der Waals surface area (Å²) in [5.74, 6) is -0.910. The maximum absolute atomic E-state index is 12.8. The van der Waals surface area contributed by atoms with Gasteiger partial charge in [-0.1, -0.05) is 11.6 Å². The van der Waals surface area contributed by atoms with Crippen molar-refractivity contribution in [2.75, 3.05) is 25.0 Å². The number of hydrogen-bond donors (Lipinski definition) is 1. The van der Waals surface area contributed by atoms with Gasteiger partial charge in [-0.05, 0) is 25.1 Å². The molecule has 1 N–H and O–H groups in total. The lowest BCUT2D eigenvalue weighted by atomic mass is 10.1. The summed E-state index contributed by atoms with van der Waals surface area (Å²) in [4.78, 5) is 25.6. The van der Waals surface area contributed by atoms with E-state index in [0.29, 0.717) is 19.7 Å². The molecule has 1 aliphatic heterocycles. The minimum absolute atomic E-state index is 0.0488. The van der Waals surface area contributed by atoms with Gasteiger partial charge in [0, 0.05) is 18.8 Å². The smallest absolute Gasteiger partial charge is 0.366 e. The van der Waals surface area contributed by atoms with Crippen LogP contribution in [0.1, 0.15) is 18.9 Å². The zero-order valence-corrected chi connectivity index (χ0v) is 13.6. The molecule has 1 saturated heterocycles. The van der Waals surface area contributed by atoms with Crippen molar-refractivity contribution in [1.29, 1.82) is 0 Å². The van der Waals surface area contributed by atoms with Crippen molar-refractivity contribution < 1.29 is 27.5 Å². The minimum atomic E-state index is -4.62. The molecule has 2 rings (SSSR count). The van der Waals surface area contributed by atoms with E-state index in [1.807, 2.05) is 6.92 Å². The van der Waals surface area contributed by atoms with E-state index >= 15 is 0 Å². The molecule has 2 amide bonds. The maximum Gasteiger partial charge on any atom is 0.417 e. The average molecular weight is 365 g/mol. The standard InChI is InChI=1S/C15H16ClF3N2O3/c1-2-21-5-6-24-12(14(21)23)8-13(22)20-9-3-4-11(16)10(7-9)15(17,18)19/h3-4,7,12H,2,5-6,8H2,1H3,(H,20,22). The second-order valence-corrected chi connectivity index (χ2v) is 5.63. The highest BCUT2D eigenvalue weighted by molar-refractivity contribution is 6.31. The topological polar surface area (TPSA) is 58.6 Å². The number of amides is 2. The van der Waals surface area contributed by atoms with Crippen LogP contribution in [0.3, 0.4) is 0 Å². The van der Waals surface area contributed by atoms with Crippen LogP contribution in [0.2, 0.25) is 5.02 Å². The zero-order chi connectivity index (χ0) is 17.9. The maximum atomic E-state index is 12.8. The van der Waals surface area contributed by atoms with Crippen LogP contribution in [0.15, 0.2) is 18.2 Å². The second kappa shape index (κ2) is 7.40. The van der Waals surface area contributed by atoms with Gasteiger partial charge in [-0.15, -0.1) is 0 Å². The van der Waals surface area contributed by atoms with Crippen LogP contribution in [0.4, 0.5) is 18.9 Å². The number of nitrogens with one attached hydrogen (secondary N) is 1. The molecule has 24 heavy (non-hydrogen) atoms. The molecule has 0 spiro atoms. The van der Waals surface area contributed by atoms with Gasteiger partial charge in [0.2, 0.25) is 5.91 Å². The largest absolute Gasteiger partial charge is 0.417 e. The van der Waals surface area contributed by atoms with Crippen LogP contribution in [-0.4, -0.2) is 42.5 Å². The average Bonchev–Trinajstić information content (AvgIpc) is 2.50. The monoisotopic (exact) mass is 364 g/mol. The van der Waals surface area contributed by atoms with E-state index in [9.17, 15) is 22.8 Å². The highest BCUT2D eigenvalue weighted by Crippen LogP contribution is 2.36. The lowest BCUT2D eigenvalue weighted by Crippen LogP contribution is -2.48. The van der Waals surface area contributed by atoms with Gasteiger partial charge >= 0.3 is 6.18 Å². The Morgan fingerprint density at radius 3 is 2.79 bits per heavy atom. The van der Waals surface area contributed by atoms with Crippen LogP contribution < -0.4 is 5.32 Å². The van der Waals surface area contributed by atoms with Crippen molar-refractivity contribution in [3.63, 3.8) is 0 Å². The Labute approximate surface area is 141 Å². The van der Waals surface area contributed by atoms with Crippen LogP contribution >= 0.6 is 11.6 Å². The molecule has 1 fully saturated rings. The number of carbonyl (C=O) groups excluding carboxylic acids is 2. The summed E-state index contributed by atoms with van der Waals surface area (Å²) in [7, 11) is 0. The number of morpholine rings is 1. The van der Waals surface area contributed by atoms with Crippen LogP contribution in [-0.2, 0) is 20.5 Å². The Morgan fingerprint density at radius 2 is 2.17 bits per heavy atom. The molecule has 1 unspecified atom stereocenters. The van der Waals surface area contributed by atoms with Crippen LogP contribution in [0.5, 0.6) is 0 Å². The third-order valence-corrected chi connectivity index (χ3v) is 3.90. The van der Waals surface area contributed by atoms with E-state index in [2.05, 4.69) is 5.32 Å². The van der Waals surface area contributed by atoms with Gasteiger partial charge in [-0.3, -0.25) is 9.59 Å². The molecule has 1 heterocycles. The summed E-state index contributed by atoms with van der Waals surface area (Å²) in [5, 5.41) is 1.88. The first-order chi connectivity index (χ1) is 11.2. The number of ether oxygens (including phenoxy) is 1. The fourth-order valence-corrected chi connectivity index (χ4v) is 2.58. The van der Waals surface area contributed by atoms with Gasteiger partial charge in [-0.2, -0.15) is 13.2 Å². The Bertz CT molecular complexity index is 637. The molecule has 1 atom stereocenters. The van der Waals surface area contributed by atoms with Gasteiger partial charge in [-0.25, -0.2) is 0 Å². The second-order valence-electron chi connectivity index (χ2n) is 5.22. The number of benzene rings is 1. The van der Waals surface area contributed by atoms with Crippen molar-refractivity contribution in [2.45, 2.75) is 25.6 Å². The summed E-state index contributed by atoms with van der Waals surface area (Å²) in [5.41, 5.74) is -1.09. The molecule has 1 aromatic carbocycles. The number of nitrogens with zero attached hydrogens (tertiary/aromatic N) is 1. The van der Waals surface area contributed by atoms with Crippen LogP contribution in [0, 0.1) is 0 Å². The van der Waals surface area contributed by atoms with Gasteiger partial charge in [0.15, 0.2) is 0 Å². The van der Waals surface area contributed by atoms with Crippen molar-refractivity contribution >= 4 is 29.1 Å². The van der Waals surface area contributed by atoms with E-state index < -0.39 is 28.8 Å². The number of halogens is 4. The Kier molecular flexibility index (Phi) is 5.71. The highest BCUT2D eigenvalue weighted by atomic mass is 35.5. The van der Waals surface area contributed by atoms with Crippen LogP contribution in [0.25, 0.3) is 0 Å². The molecule has 0 aliphatic carbocycles. The zero-order valence-electron chi connectivity index (χ0n) is 12.8. The number of hydrogen-bond acceptors (Lipinski definition) is 3. The van der Waals surface area contributed by atoms with Gasteiger partial charge in [0.25, 0.3) is 5.91 Å². The number of alkyl halides is 3. The van der Waals surface area contributed by atoms with Gasteiger partial charge in [0.1, 0.15) is 6.10 Å². The molecule has 5 nitrogen and oxygen atoms in total. The summed E-state index contributed by atoms with van der Waals surface area (Å²) >= 11 is 5.52. The number of carbonyl (C=O) groups is 2. The fourth-order valence-electron chi connectivity index (χ4n) is 2.35. The lowest BCUT2D eigenvalue weighted by Gasteiger charge is -2.31. The first-order valence-electron chi connectivity index (χ1n) is 7.29. The Hall–Kier alpha value is -1.80. The fraction of sp³-hybridized carbons (Fsp3) is 0.467. The summed E-state index contributed by atoms with van der Waals surface area (Å²) in [6.45, 7) is 3.09. The number of likely N-dealkylation sites (N-methyl/N-ethyl adjacent to an activating group) is 1. The quantitative estimate of drug-likeness (QED) is 0.893. The van der Waals surface area contributed by atoms with E-state index in [4.69, 9.17) is 16.3 Å². The summed E-state index contributed by atoms with van der Waals surface area (Å²) in [6.07, 6.45) is -5.81. The third kappa shape index (κ3) is 4.39. The molecule has 9 heteroatoms. The predicted octanol–water partition coefficient (Wildman–Crippen LogP) is 2.93. The van der Waals surface area contributed by atoms with E-state index in [1.54, 1.807) is 4.90 Å². The van der Waals surface area contributed by atoms with E-state index in [-0.39, 0.29) is 18.0 Å². The number of rotatable bonds is 4. The van der Waals surface area contributed by atoms with E-state index in [1.165, 1.54) is 6.07 Å². The molecule has 0 bridgehead atoms. The molecule has 0 radical (unpaired) electrons. The van der Waals surface area contributed by atoms with Gasteiger partial charge < -0.3 is 15.0 Å². The van der Waals surface area contributed by atoms with Gasteiger partial charge in [0.05, 0.1) is 23.6 Å². The summed E-state index contributed by atoms with van der Waals surface area (Å²) in [6, 6.07) is 3.07. The molecule has 132 valence electrons. The first kappa shape index (κ1) is 18.5. The Balaban J connectivity index is 2.04. The minimum Gasteiger partial charge on any atom is -0.366 e. The molecule has 0 aromatic heterocycles. The predicted molar refractivity (Wildman–Crippen MR) is 81.7 cm³/mol. The Morgan fingerprint density at radius 1 is 1.46 bits per heavy atom.